The fraction of sp³-hybridized carbons (Fsp3) is 0.522. The van der Waals surface area contributed by atoms with Gasteiger partial charge < -0.3 is 0 Å². The van der Waals surface area contributed by atoms with E-state index < -0.39 is 17.7 Å². The molecule has 5 nitrogen and oxygen atoms in total. The summed E-state index contributed by atoms with van der Waals surface area (Å²) in [4.78, 5) is 14.7. The number of rotatable bonds is 5. The van der Waals surface area contributed by atoms with Gasteiger partial charge in [-0.05, 0) is 49.8 Å². The number of hydrogen-bond acceptors (Lipinski definition) is 4. The molecule has 0 spiro atoms. The van der Waals surface area contributed by atoms with Crippen molar-refractivity contribution in [2.75, 3.05) is 13.1 Å². The predicted octanol–water partition coefficient (Wildman–Crippen LogP) is 4.35. The van der Waals surface area contributed by atoms with E-state index in [2.05, 4.69) is 11.2 Å². The Morgan fingerprint density at radius 3 is 2.47 bits per heavy atom. The third-order valence-corrected chi connectivity index (χ3v) is 6.48. The number of nitriles is 1. The number of nitrogens with zero attached hydrogens (tertiary/aromatic N) is 4. The first-order valence-corrected chi connectivity index (χ1v) is 10.8. The zero-order valence-corrected chi connectivity index (χ0v) is 17.5. The number of hydrogen-bond donors (Lipinski definition) is 0. The standard InChI is InChI=1S/C23H24F4N4O/c24-18-7-3-16(4-8-18)12-31-20-13-30(10-9-19(20)22(29-31)23(25,26)27)14-21(32)17-5-1-15(11-28)2-6-17/h3-4,7-8,15,17H,1-2,5-6,9-10,12-14H2. The van der Waals surface area contributed by atoms with E-state index >= 15 is 0 Å². The minimum atomic E-state index is -4.56. The van der Waals surface area contributed by atoms with Gasteiger partial charge in [0, 0.05) is 30.5 Å². The minimum absolute atomic E-state index is 0.0122. The average Bonchev–Trinajstić information content (AvgIpc) is 3.13. The van der Waals surface area contributed by atoms with Crippen LogP contribution in [0.3, 0.4) is 0 Å². The van der Waals surface area contributed by atoms with Gasteiger partial charge in [-0.2, -0.15) is 23.5 Å². The maximum atomic E-state index is 13.6. The van der Waals surface area contributed by atoms with E-state index in [0.717, 1.165) is 12.8 Å². The summed E-state index contributed by atoms with van der Waals surface area (Å²) < 4.78 is 55.3. The number of alkyl halides is 3. The molecular formula is C23H24F4N4O. The lowest BCUT2D eigenvalue weighted by Crippen LogP contribution is -2.38. The highest BCUT2D eigenvalue weighted by Crippen LogP contribution is 2.36. The van der Waals surface area contributed by atoms with E-state index in [1.54, 1.807) is 0 Å². The first-order valence-electron chi connectivity index (χ1n) is 10.8. The molecular weight excluding hydrogens is 424 g/mol. The first kappa shape index (κ1) is 22.5. The largest absolute Gasteiger partial charge is 0.435 e. The van der Waals surface area contributed by atoms with Crippen molar-refractivity contribution < 1.29 is 22.4 Å². The molecule has 0 bridgehead atoms. The van der Waals surface area contributed by atoms with Crippen molar-refractivity contribution in [3.63, 3.8) is 0 Å². The van der Waals surface area contributed by atoms with Crippen LogP contribution in [-0.2, 0) is 30.5 Å². The molecule has 2 aromatic rings. The second-order valence-corrected chi connectivity index (χ2v) is 8.66. The summed E-state index contributed by atoms with van der Waals surface area (Å²) in [5.74, 6) is -0.403. The summed E-state index contributed by atoms with van der Waals surface area (Å²) in [7, 11) is 0. The van der Waals surface area contributed by atoms with Crippen molar-refractivity contribution >= 4 is 5.78 Å². The third-order valence-electron chi connectivity index (χ3n) is 6.48. The zero-order valence-electron chi connectivity index (χ0n) is 17.5. The van der Waals surface area contributed by atoms with Crippen LogP contribution in [0.2, 0.25) is 0 Å². The molecule has 32 heavy (non-hydrogen) atoms. The zero-order chi connectivity index (χ0) is 22.9. The smallest absolute Gasteiger partial charge is 0.298 e. The molecule has 0 atom stereocenters. The molecule has 0 N–H and O–H groups in total. The number of aromatic nitrogens is 2. The van der Waals surface area contributed by atoms with E-state index in [9.17, 15) is 22.4 Å². The monoisotopic (exact) mass is 448 g/mol. The second kappa shape index (κ2) is 9.02. The molecule has 1 fully saturated rings. The minimum Gasteiger partial charge on any atom is -0.298 e. The summed E-state index contributed by atoms with van der Waals surface area (Å²) in [6, 6.07) is 7.84. The van der Waals surface area contributed by atoms with Crippen molar-refractivity contribution in [2.45, 2.75) is 51.4 Å². The molecule has 1 aromatic carbocycles. The Morgan fingerprint density at radius 2 is 1.84 bits per heavy atom. The molecule has 1 aliphatic carbocycles. The van der Waals surface area contributed by atoms with Crippen LogP contribution < -0.4 is 0 Å². The van der Waals surface area contributed by atoms with Crippen LogP contribution in [0.15, 0.2) is 24.3 Å². The Bertz CT molecular complexity index is 1010. The average molecular weight is 448 g/mol. The maximum absolute atomic E-state index is 13.6. The van der Waals surface area contributed by atoms with Gasteiger partial charge in [0.1, 0.15) is 11.6 Å². The molecule has 0 radical (unpaired) electrons. The van der Waals surface area contributed by atoms with Crippen LogP contribution in [0, 0.1) is 29.0 Å². The second-order valence-electron chi connectivity index (χ2n) is 8.66. The van der Waals surface area contributed by atoms with Crippen LogP contribution in [0.1, 0.15) is 48.2 Å². The van der Waals surface area contributed by atoms with Crippen LogP contribution in [0.4, 0.5) is 17.6 Å². The van der Waals surface area contributed by atoms with Crippen molar-refractivity contribution in [1.29, 1.82) is 5.26 Å². The van der Waals surface area contributed by atoms with Gasteiger partial charge in [0.25, 0.3) is 0 Å². The van der Waals surface area contributed by atoms with Gasteiger partial charge in [0.15, 0.2) is 5.69 Å². The lowest BCUT2D eigenvalue weighted by Gasteiger charge is -2.30. The number of carbonyl (C=O) groups is 1. The number of benzene rings is 1. The van der Waals surface area contributed by atoms with Gasteiger partial charge in [-0.25, -0.2) is 4.39 Å². The lowest BCUT2D eigenvalue weighted by atomic mass is 9.80. The highest BCUT2D eigenvalue weighted by molar-refractivity contribution is 5.83. The van der Waals surface area contributed by atoms with Crippen LogP contribution in [-0.4, -0.2) is 33.6 Å². The van der Waals surface area contributed by atoms with Gasteiger partial charge in [0.2, 0.25) is 0 Å². The molecule has 1 aliphatic heterocycles. The molecule has 170 valence electrons. The van der Waals surface area contributed by atoms with E-state index in [1.807, 2.05) is 4.90 Å². The number of Topliss-reactive ketones (excluding diaryl/α,β-unsaturated/α-hetero) is 1. The topological polar surface area (TPSA) is 61.9 Å². The molecule has 2 heterocycles. The van der Waals surface area contributed by atoms with Crippen LogP contribution in [0.5, 0.6) is 0 Å². The SMILES string of the molecule is N#CC1CCC(C(=O)CN2CCc3c(C(F)(F)F)nn(Cc4ccc(F)cc4)c3C2)CC1. The number of ketones is 1. The molecule has 2 aliphatic rings. The van der Waals surface area contributed by atoms with E-state index in [1.165, 1.54) is 28.9 Å². The van der Waals surface area contributed by atoms with E-state index in [-0.39, 0.29) is 49.2 Å². The summed E-state index contributed by atoms with van der Waals surface area (Å²) >= 11 is 0. The molecule has 1 saturated carbocycles. The van der Waals surface area contributed by atoms with Gasteiger partial charge in [0.05, 0.1) is 24.9 Å². The Hall–Kier alpha value is -2.73. The summed E-state index contributed by atoms with van der Waals surface area (Å²) in [5.41, 5.74) is 0.398. The maximum Gasteiger partial charge on any atom is 0.435 e. The number of fused-ring (bicyclic) bond motifs is 1. The fourth-order valence-electron chi connectivity index (χ4n) is 4.68. The molecule has 0 amide bonds. The number of halogens is 4. The quantitative estimate of drug-likeness (QED) is 0.639. The van der Waals surface area contributed by atoms with Crippen molar-refractivity contribution in [3.8, 4) is 6.07 Å². The van der Waals surface area contributed by atoms with Gasteiger partial charge in [-0.3, -0.25) is 14.4 Å². The highest BCUT2D eigenvalue weighted by atomic mass is 19.4. The molecule has 4 rings (SSSR count). The molecule has 1 aromatic heterocycles. The Labute approximate surface area is 183 Å². The Kier molecular flexibility index (Phi) is 6.33. The summed E-state index contributed by atoms with van der Waals surface area (Å²) in [5, 5.41) is 12.9. The third kappa shape index (κ3) is 4.85. The fourth-order valence-corrected chi connectivity index (χ4v) is 4.68. The normalized spacial score (nSPS) is 21.7. The molecule has 0 unspecified atom stereocenters. The predicted molar refractivity (Wildman–Crippen MR) is 108 cm³/mol. The van der Waals surface area contributed by atoms with Gasteiger partial charge in [-0.15, -0.1) is 0 Å². The van der Waals surface area contributed by atoms with Crippen molar-refractivity contribution in [1.82, 2.24) is 14.7 Å². The molecule has 9 heteroatoms. The number of carbonyl (C=O) groups excluding carboxylic acids is 1. The van der Waals surface area contributed by atoms with Crippen molar-refractivity contribution in [3.05, 3.63) is 52.6 Å². The molecule has 0 saturated heterocycles. The van der Waals surface area contributed by atoms with Crippen molar-refractivity contribution in [2.24, 2.45) is 11.8 Å². The highest BCUT2D eigenvalue weighted by Gasteiger charge is 2.40. The Morgan fingerprint density at radius 1 is 1.16 bits per heavy atom. The first-order chi connectivity index (χ1) is 15.2. The van der Waals surface area contributed by atoms with Crippen LogP contribution in [0.25, 0.3) is 0 Å². The van der Waals surface area contributed by atoms with Gasteiger partial charge >= 0.3 is 6.18 Å². The van der Waals surface area contributed by atoms with E-state index in [0.29, 0.717) is 30.6 Å². The summed E-state index contributed by atoms with van der Waals surface area (Å²) in [6.07, 6.45) is -1.57. The Balaban J connectivity index is 1.51. The lowest BCUT2D eigenvalue weighted by molar-refractivity contribution is -0.142. The summed E-state index contributed by atoms with van der Waals surface area (Å²) in [6.45, 7) is 0.847. The van der Waals surface area contributed by atoms with Gasteiger partial charge in [-0.1, -0.05) is 12.1 Å². The van der Waals surface area contributed by atoms with Crippen LogP contribution >= 0.6 is 0 Å². The van der Waals surface area contributed by atoms with E-state index in [4.69, 9.17) is 5.26 Å².